The van der Waals surface area contributed by atoms with Gasteiger partial charge in [0, 0.05) is 16.3 Å². The fourth-order valence-electron chi connectivity index (χ4n) is 5.75. The molecule has 0 bridgehead atoms. The largest absolute Gasteiger partial charge is 0.456 e. The Morgan fingerprint density at radius 3 is 1.82 bits per heavy atom. The Hall–Kier alpha value is -5.14. The van der Waals surface area contributed by atoms with Crippen LogP contribution in [-0.2, 0) is 0 Å². The second kappa shape index (κ2) is 9.31. The zero-order chi connectivity index (χ0) is 30.7. The molecule has 184 valence electrons. The topological polar surface area (TPSA) is 13.1 Å². The van der Waals surface area contributed by atoms with E-state index in [9.17, 15) is 0 Å². The van der Waals surface area contributed by atoms with Gasteiger partial charge < -0.3 is 4.42 Å². The van der Waals surface area contributed by atoms with Crippen LogP contribution in [0.5, 0.6) is 0 Å². The zero-order valence-electron chi connectivity index (χ0n) is 26.1. The van der Waals surface area contributed by atoms with E-state index in [1.54, 1.807) is 6.08 Å². The van der Waals surface area contributed by atoms with Crippen LogP contribution >= 0.6 is 0 Å². The predicted molar refractivity (Wildman–Crippen MR) is 168 cm³/mol. The van der Waals surface area contributed by atoms with Crippen molar-refractivity contribution in [3.63, 3.8) is 0 Å². The van der Waals surface area contributed by atoms with Crippen LogP contribution in [0.3, 0.4) is 0 Å². The minimum Gasteiger partial charge on any atom is -0.456 e. The van der Waals surface area contributed by atoms with Crippen molar-refractivity contribution >= 4 is 49.1 Å². The summed E-state index contributed by atoms with van der Waals surface area (Å²) in [5.74, 6) is 0. The van der Waals surface area contributed by atoms with E-state index in [1.165, 1.54) is 0 Å². The van der Waals surface area contributed by atoms with Crippen molar-refractivity contribution in [2.45, 2.75) is 0 Å². The van der Waals surface area contributed by atoms with Gasteiger partial charge in [0.25, 0.3) is 0 Å². The van der Waals surface area contributed by atoms with E-state index in [0.29, 0.717) is 5.56 Å². The maximum absolute atomic E-state index is 8.87. The highest BCUT2D eigenvalue weighted by Crippen LogP contribution is 2.49. The summed E-state index contributed by atoms with van der Waals surface area (Å²) < 4.78 is 49.1. The smallest absolute Gasteiger partial charge is 0.136 e. The standard InChI is InChI=1S/C38H26O/c1-3-14-25(4-2)27-23-24-34-37(32-21-12-13-22-33(32)39-34)38(27)36-30-19-10-8-17-28(30)35(26-15-6-5-7-16-26)29-18-9-11-20-31(29)36/h3-24H,1-2H2/b25-14+/i5D,6D,7D,15D,16D. The maximum atomic E-state index is 8.87. The molecule has 6 aromatic carbocycles. The third-order valence-corrected chi connectivity index (χ3v) is 7.30. The van der Waals surface area contributed by atoms with Gasteiger partial charge in [0.05, 0.1) is 6.85 Å². The van der Waals surface area contributed by atoms with Crippen molar-refractivity contribution in [3.8, 4) is 22.3 Å². The van der Waals surface area contributed by atoms with Crippen molar-refractivity contribution in [2.24, 2.45) is 0 Å². The van der Waals surface area contributed by atoms with Crippen molar-refractivity contribution in [3.05, 3.63) is 152 Å². The quantitative estimate of drug-likeness (QED) is 0.168. The fraction of sp³-hybridized carbons (Fsp3) is 0. The summed E-state index contributed by atoms with van der Waals surface area (Å²) in [4.78, 5) is 0. The number of furan rings is 1. The van der Waals surface area contributed by atoms with Crippen LogP contribution in [0, 0.1) is 0 Å². The van der Waals surface area contributed by atoms with Crippen LogP contribution in [0.2, 0.25) is 0 Å². The first-order chi connectivity index (χ1) is 21.4. The number of benzene rings is 6. The fourth-order valence-corrected chi connectivity index (χ4v) is 5.75. The molecule has 0 saturated carbocycles. The number of allylic oxidation sites excluding steroid dienone is 4. The van der Waals surface area contributed by atoms with Gasteiger partial charge in [0.15, 0.2) is 0 Å². The van der Waals surface area contributed by atoms with Gasteiger partial charge in [0.2, 0.25) is 0 Å². The van der Waals surface area contributed by atoms with Crippen molar-refractivity contribution in [1.29, 1.82) is 0 Å². The summed E-state index contributed by atoms with van der Waals surface area (Å²) in [5.41, 5.74) is 6.06. The first-order valence-electron chi connectivity index (χ1n) is 15.3. The summed E-state index contributed by atoms with van der Waals surface area (Å²) in [7, 11) is 0. The van der Waals surface area contributed by atoms with E-state index in [-0.39, 0.29) is 29.7 Å². The first-order valence-corrected chi connectivity index (χ1v) is 12.8. The summed E-state index contributed by atoms with van der Waals surface area (Å²) in [6.07, 6.45) is 5.50. The summed E-state index contributed by atoms with van der Waals surface area (Å²) in [6.45, 7) is 8.05. The lowest BCUT2D eigenvalue weighted by molar-refractivity contribution is 0.669. The number of fused-ring (bicyclic) bond motifs is 5. The molecule has 1 aromatic heterocycles. The molecule has 0 aliphatic heterocycles. The van der Waals surface area contributed by atoms with Gasteiger partial charge >= 0.3 is 0 Å². The van der Waals surface area contributed by atoms with Crippen LogP contribution in [0.1, 0.15) is 12.4 Å². The molecule has 1 heteroatoms. The lowest BCUT2D eigenvalue weighted by Crippen LogP contribution is -1.95. The molecule has 0 atom stereocenters. The zero-order valence-corrected chi connectivity index (χ0v) is 21.1. The minimum atomic E-state index is -0.414. The van der Waals surface area contributed by atoms with Gasteiger partial charge in [-0.05, 0) is 61.5 Å². The van der Waals surface area contributed by atoms with Crippen molar-refractivity contribution < 1.29 is 11.3 Å². The highest BCUT2D eigenvalue weighted by molar-refractivity contribution is 6.27. The predicted octanol–water partition coefficient (Wildman–Crippen LogP) is 11.0. The normalized spacial score (nSPS) is 13.7. The van der Waals surface area contributed by atoms with E-state index < -0.39 is 6.04 Å². The molecule has 0 radical (unpaired) electrons. The van der Waals surface area contributed by atoms with Crippen LogP contribution in [0.25, 0.3) is 71.3 Å². The average Bonchev–Trinajstić information content (AvgIpc) is 3.44. The van der Waals surface area contributed by atoms with E-state index in [4.69, 9.17) is 11.3 Å². The Labute approximate surface area is 234 Å². The monoisotopic (exact) mass is 503 g/mol. The molecular weight excluding hydrogens is 472 g/mol. The maximum Gasteiger partial charge on any atom is 0.136 e. The molecule has 0 aliphatic carbocycles. The van der Waals surface area contributed by atoms with Crippen LogP contribution in [-0.4, -0.2) is 0 Å². The molecule has 7 rings (SSSR count). The molecule has 0 N–H and O–H groups in total. The first kappa shape index (κ1) is 18.2. The average molecular weight is 504 g/mol. The van der Waals surface area contributed by atoms with Crippen LogP contribution < -0.4 is 0 Å². The van der Waals surface area contributed by atoms with E-state index in [2.05, 4.69) is 19.2 Å². The molecule has 0 unspecified atom stereocenters. The Bertz CT molecular complexity index is 2290. The van der Waals surface area contributed by atoms with E-state index >= 15 is 0 Å². The molecule has 0 amide bonds. The lowest BCUT2D eigenvalue weighted by Gasteiger charge is -2.20. The summed E-state index contributed by atoms with van der Waals surface area (Å²) in [6, 6.07) is 26.2. The van der Waals surface area contributed by atoms with E-state index in [1.807, 2.05) is 91.0 Å². The highest BCUT2D eigenvalue weighted by Gasteiger charge is 2.23. The SMILES string of the molecule is [2H]c1c([2H])c([2H])c(-c2c3ccccc3c(-c3c(/C(C=C)=C/C=C)ccc4oc5ccccc5c34)c3ccccc23)c([2H])c1[2H]. The van der Waals surface area contributed by atoms with Crippen LogP contribution in [0.4, 0.5) is 0 Å². The minimum absolute atomic E-state index is 0.181. The van der Waals surface area contributed by atoms with Gasteiger partial charge in [-0.2, -0.15) is 0 Å². The number of para-hydroxylation sites is 1. The van der Waals surface area contributed by atoms with Gasteiger partial charge in [0.1, 0.15) is 11.2 Å². The second-order valence-corrected chi connectivity index (χ2v) is 9.36. The molecular formula is C38H26O. The molecule has 0 spiro atoms. The van der Waals surface area contributed by atoms with E-state index in [0.717, 1.165) is 65.7 Å². The molecule has 39 heavy (non-hydrogen) atoms. The van der Waals surface area contributed by atoms with Crippen molar-refractivity contribution in [2.75, 3.05) is 0 Å². The number of hydrogen-bond donors (Lipinski definition) is 0. The molecule has 1 heterocycles. The second-order valence-electron chi connectivity index (χ2n) is 9.36. The number of hydrogen-bond acceptors (Lipinski definition) is 1. The Kier molecular flexibility index (Phi) is 4.34. The highest BCUT2D eigenvalue weighted by atomic mass is 16.3. The molecule has 0 saturated heterocycles. The molecule has 1 nitrogen and oxygen atoms in total. The summed E-state index contributed by atoms with van der Waals surface area (Å²) >= 11 is 0. The van der Waals surface area contributed by atoms with Gasteiger partial charge in [-0.1, -0.05) is 134 Å². The number of rotatable bonds is 5. The van der Waals surface area contributed by atoms with Gasteiger partial charge in [-0.15, -0.1) is 0 Å². The third-order valence-electron chi connectivity index (χ3n) is 7.30. The third kappa shape index (κ3) is 3.55. The Morgan fingerprint density at radius 2 is 1.21 bits per heavy atom. The van der Waals surface area contributed by atoms with Crippen molar-refractivity contribution in [1.82, 2.24) is 0 Å². The Morgan fingerprint density at radius 1 is 0.615 bits per heavy atom. The molecule has 0 fully saturated rings. The summed E-state index contributed by atoms with van der Waals surface area (Å²) in [5, 5.41) is 5.26. The Balaban J connectivity index is 1.76. The molecule has 7 aromatic rings. The van der Waals surface area contributed by atoms with Crippen LogP contribution in [0.15, 0.2) is 151 Å². The van der Waals surface area contributed by atoms with Gasteiger partial charge in [-0.25, -0.2) is 0 Å². The molecule has 0 aliphatic rings. The van der Waals surface area contributed by atoms with Gasteiger partial charge in [-0.3, -0.25) is 0 Å². The lowest BCUT2D eigenvalue weighted by atomic mass is 9.82.